The average Bonchev–Trinajstić information content (AvgIpc) is 3.01. The van der Waals surface area contributed by atoms with Crippen molar-refractivity contribution in [2.75, 3.05) is 4.90 Å². The topological polar surface area (TPSA) is 20.3 Å². The largest absolute Gasteiger partial charge is 0.304 e. The van der Waals surface area contributed by atoms with E-state index in [4.69, 9.17) is 0 Å². The highest BCUT2D eigenvalue weighted by molar-refractivity contribution is 5.98. The molecule has 2 atom stereocenters. The molecule has 0 saturated carbocycles. The summed E-state index contributed by atoms with van der Waals surface area (Å²) in [5.41, 5.74) is 6.16. The van der Waals surface area contributed by atoms with Crippen molar-refractivity contribution in [2.45, 2.75) is 24.8 Å². The Kier molecular flexibility index (Phi) is 3.24. The summed E-state index contributed by atoms with van der Waals surface area (Å²) in [6.07, 6.45) is 1.42. The first-order chi connectivity index (χ1) is 12.3. The van der Waals surface area contributed by atoms with E-state index in [2.05, 4.69) is 66.7 Å². The Morgan fingerprint density at radius 2 is 1.40 bits per heavy atom. The van der Waals surface area contributed by atoms with Gasteiger partial charge in [-0.05, 0) is 34.7 Å². The second-order valence-corrected chi connectivity index (χ2v) is 6.91. The van der Waals surface area contributed by atoms with Gasteiger partial charge in [0.05, 0.1) is 6.04 Å². The molecule has 0 radical (unpaired) electrons. The third kappa shape index (κ3) is 2.21. The van der Waals surface area contributed by atoms with Crippen LogP contribution in [0.2, 0.25) is 0 Å². The lowest BCUT2D eigenvalue weighted by atomic mass is 9.84. The van der Waals surface area contributed by atoms with Crippen molar-refractivity contribution in [3.05, 3.63) is 101 Å². The van der Waals surface area contributed by atoms with Crippen LogP contribution in [0.4, 0.5) is 5.69 Å². The van der Waals surface area contributed by atoms with E-state index in [-0.39, 0.29) is 17.9 Å². The van der Waals surface area contributed by atoms with Crippen LogP contribution in [-0.2, 0) is 11.2 Å². The second-order valence-electron chi connectivity index (χ2n) is 6.91. The molecule has 1 amide bonds. The van der Waals surface area contributed by atoms with Crippen LogP contribution in [0, 0.1) is 0 Å². The molecular formula is C23H19NO. The number of hydrogen-bond donors (Lipinski definition) is 0. The van der Waals surface area contributed by atoms with Gasteiger partial charge in [-0.15, -0.1) is 0 Å². The van der Waals surface area contributed by atoms with Gasteiger partial charge in [-0.1, -0.05) is 72.8 Å². The molecule has 0 bridgehead atoms. The number of benzene rings is 3. The van der Waals surface area contributed by atoms with Crippen LogP contribution in [-0.4, -0.2) is 5.91 Å². The summed E-state index contributed by atoms with van der Waals surface area (Å²) >= 11 is 0. The van der Waals surface area contributed by atoms with E-state index >= 15 is 0 Å². The lowest BCUT2D eigenvalue weighted by molar-refractivity contribution is -0.119. The monoisotopic (exact) mass is 325 g/mol. The summed E-state index contributed by atoms with van der Waals surface area (Å²) in [5, 5.41) is 0. The second kappa shape index (κ2) is 5.59. The molecule has 5 rings (SSSR count). The molecule has 25 heavy (non-hydrogen) atoms. The van der Waals surface area contributed by atoms with Crippen molar-refractivity contribution in [2.24, 2.45) is 0 Å². The standard InChI is InChI=1S/C23H19NO/c25-23-15-20(16-8-2-1-3-9-16)18-11-5-6-12-19(18)22-14-17-10-4-7-13-21(17)24(22)23/h1-13,20,22H,14-15H2/t20-,22+/m1/s1. The Morgan fingerprint density at radius 1 is 0.720 bits per heavy atom. The maximum atomic E-state index is 13.2. The van der Waals surface area contributed by atoms with Gasteiger partial charge in [0.25, 0.3) is 0 Å². The summed E-state index contributed by atoms with van der Waals surface area (Å²) in [4.78, 5) is 15.3. The number of carbonyl (C=O) groups is 1. The maximum Gasteiger partial charge on any atom is 0.228 e. The number of fused-ring (bicyclic) bond motifs is 5. The van der Waals surface area contributed by atoms with Crippen LogP contribution in [0.5, 0.6) is 0 Å². The van der Waals surface area contributed by atoms with Crippen LogP contribution in [0.25, 0.3) is 0 Å². The number of hydrogen-bond acceptors (Lipinski definition) is 1. The van der Waals surface area contributed by atoms with Gasteiger partial charge < -0.3 is 4.90 Å². The maximum absolute atomic E-state index is 13.2. The highest BCUT2D eigenvalue weighted by atomic mass is 16.2. The first-order valence-electron chi connectivity index (χ1n) is 8.86. The SMILES string of the molecule is O=C1C[C@H](c2ccccc2)c2ccccc2[C@@H]2Cc3ccccc3N12. The van der Waals surface area contributed by atoms with E-state index in [0.717, 1.165) is 12.1 Å². The van der Waals surface area contributed by atoms with E-state index in [1.54, 1.807) is 0 Å². The lowest BCUT2D eigenvalue weighted by Gasteiger charge is -2.24. The van der Waals surface area contributed by atoms with Gasteiger partial charge in [-0.3, -0.25) is 4.79 Å². The Labute approximate surface area is 147 Å². The summed E-state index contributed by atoms with van der Waals surface area (Å²) in [6.45, 7) is 0. The predicted octanol–water partition coefficient (Wildman–Crippen LogP) is 4.85. The van der Waals surface area contributed by atoms with Crippen molar-refractivity contribution in [1.29, 1.82) is 0 Å². The summed E-state index contributed by atoms with van der Waals surface area (Å²) in [7, 11) is 0. The molecule has 2 heteroatoms. The molecule has 0 saturated heterocycles. The average molecular weight is 325 g/mol. The highest BCUT2D eigenvalue weighted by Gasteiger charge is 2.40. The third-order valence-electron chi connectivity index (χ3n) is 5.56. The predicted molar refractivity (Wildman–Crippen MR) is 99.7 cm³/mol. The Hall–Kier alpha value is -2.87. The lowest BCUT2D eigenvalue weighted by Crippen LogP contribution is -2.30. The van der Waals surface area contributed by atoms with Gasteiger partial charge in [0.15, 0.2) is 0 Å². The van der Waals surface area contributed by atoms with Gasteiger partial charge in [-0.2, -0.15) is 0 Å². The molecule has 3 aromatic rings. The molecule has 2 aliphatic rings. The van der Waals surface area contributed by atoms with Gasteiger partial charge in [0, 0.05) is 18.0 Å². The first kappa shape index (κ1) is 14.5. The first-order valence-corrected chi connectivity index (χ1v) is 8.86. The number of amides is 1. The molecule has 2 nitrogen and oxygen atoms in total. The molecule has 0 spiro atoms. The van der Waals surface area contributed by atoms with Crippen LogP contribution in [0.15, 0.2) is 78.9 Å². The Bertz CT molecular complexity index is 947. The highest BCUT2D eigenvalue weighted by Crippen LogP contribution is 2.47. The van der Waals surface area contributed by atoms with Gasteiger partial charge in [0.1, 0.15) is 0 Å². The molecule has 2 heterocycles. The zero-order valence-corrected chi connectivity index (χ0v) is 13.9. The minimum absolute atomic E-state index is 0.120. The summed E-state index contributed by atoms with van der Waals surface area (Å²) in [6, 6.07) is 27.5. The van der Waals surface area contributed by atoms with Crippen LogP contribution >= 0.6 is 0 Å². The minimum atomic E-state index is 0.120. The van der Waals surface area contributed by atoms with Gasteiger partial charge in [0.2, 0.25) is 5.91 Å². The van der Waals surface area contributed by atoms with Crippen molar-refractivity contribution < 1.29 is 4.79 Å². The molecule has 3 aromatic carbocycles. The van der Waals surface area contributed by atoms with Crippen molar-refractivity contribution in [3.8, 4) is 0 Å². The number of nitrogens with zero attached hydrogens (tertiary/aromatic N) is 1. The number of para-hydroxylation sites is 1. The molecule has 122 valence electrons. The van der Waals surface area contributed by atoms with Gasteiger partial charge in [-0.25, -0.2) is 0 Å². The van der Waals surface area contributed by atoms with Crippen molar-refractivity contribution in [1.82, 2.24) is 0 Å². The van der Waals surface area contributed by atoms with Crippen LogP contribution in [0.1, 0.15) is 40.6 Å². The van der Waals surface area contributed by atoms with Crippen molar-refractivity contribution in [3.63, 3.8) is 0 Å². The molecular weight excluding hydrogens is 306 g/mol. The van der Waals surface area contributed by atoms with Crippen LogP contribution < -0.4 is 4.90 Å². The summed E-state index contributed by atoms with van der Waals surface area (Å²) < 4.78 is 0. The van der Waals surface area contributed by atoms with E-state index in [0.29, 0.717) is 6.42 Å². The fourth-order valence-electron chi connectivity index (χ4n) is 4.44. The zero-order chi connectivity index (χ0) is 16.8. The van der Waals surface area contributed by atoms with E-state index < -0.39 is 0 Å². The smallest absolute Gasteiger partial charge is 0.228 e. The van der Waals surface area contributed by atoms with Crippen molar-refractivity contribution >= 4 is 11.6 Å². The van der Waals surface area contributed by atoms with E-state index in [1.807, 2.05) is 17.0 Å². The van der Waals surface area contributed by atoms with Gasteiger partial charge >= 0.3 is 0 Å². The summed E-state index contributed by atoms with van der Waals surface area (Å²) in [5.74, 6) is 0.350. The quantitative estimate of drug-likeness (QED) is 0.626. The number of rotatable bonds is 1. The fraction of sp³-hybridized carbons (Fsp3) is 0.174. The number of carbonyl (C=O) groups excluding carboxylic acids is 1. The molecule has 0 fully saturated rings. The number of anilines is 1. The molecule has 0 N–H and O–H groups in total. The van der Waals surface area contributed by atoms with E-state index in [1.165, 1.54) is 22.3 Å². The minimum Gasteiger partial charge on any atom is -0.304 e. The fourth-order valence-corrected chi connectivity index (χ4v) is 4.44. The van der Waals surface area contributed by atoms with E-state index in [9.17, 15) is 4.79 Å². The molecule has 0 unspecified atom stereocenters. The van der Waals surface area contributed by atoms with Crippen LogP contribution in [0.3, 0.4) is 0 Å². The zero-order valence-electron chi connectivity index (χ0n) is 13.9. The molecule has 2 aliphatic heterocycles. The Balaban J connectivity index is 1.69. The molecule has 0 aliphatic carbocycles. The third-order valence-corrected chi connectivity index (χ3v) is 5.56. The Morgan fingerprint density at radius 3 is 2.24 bits per heavy atom. The normalized spacial score (nSPS) is 21.3. The molecule has 0 aromatic heterocycles.